The number of nitro benzene ring substituents is 1. The van der Waals surface area contributed by atoms with Crippen LogP contribution >= 0.6 is 11.3 Å². The molecule has 0 aliphatic carbocycles. The Kier molecular flexibility index (Phi) is 6.01. The van der Waals surface area contributed by atoms with Gasteiger partial charge >= 0.3 is 0 Å². The zero-order chi connectivity index (χ0) is 17.6. The van der Waals surface area contributed by atoms with Gasteiger partial charge in [-0.25, -0.2) is 13.1 Å². The molecule has 0 bridgehead atoms. The third-order valence-corrected chi connectivity index (χ3v) is 5.37. The van der Waals surface area contributed by atoms with Gasteiger partial charge in [0.15, 0.2) is 0 Å². The molecule has 0 saturated heterocycles. The highest BCUT2D eigenvalue weighted by molar-refractivity contribution is 7.89. The zero-order valence-corrected chi connectivity index (χ0v) is 14.1. The van der Waals surface area contributed by atoms with Crippen molar-refractivity contribution in [3.63, 3.8) is 0 Å². The van der Waals surface area contributed by atoms with E-state index >= 15 is 0 Å². The van der Waals surface area contributed by atoms with Crippen molar-refractivity contribution in [2.75, 3.05) is 13.1 Å². The maximum absolute atomic E-state index is 12.0. The average Bonchev–Trinajstić information content (AvgIpc) is 3.04. The van der Waals surface area contributed by atoms with Crippen LogP contribution in [0.15, 0.2) is 46.7 Å². The second-order valence-electron chi connectivity index (χ2n) is 4.75. The minimum atomic E-state index is -3.77. The summed E-state index contributed by atoms with van der Waals surface area (Å²) in [7, 11) is -3.77. The fourth-order valence-corrected chi connectivity index (χ4v) is 3.59. The third kappa shape index (κ3) is 5.11. The number of hydrogen-bond acceptors (Lipinski definition) is 6. The van der Waals surface area contributed by atoms with Crippen molar-refractivity contribution in [2.24, 2.45) is 0 Å². The summed E-state index contributed by atoms with van der Waals surface area (Å²) < 4.78 is 26.4. The van der Waals surface area contributed by atoms with E-state index in [9.17, 15) is 23.3 Å². The van der Waals surface area contributed by atoms with E-state index in [0.29, 0.717) is 0 Å². The van der Waals surface area contributed by atoms with Gasteiger partial charge in [0.1, 0.15) is 0 Å². The molecular formula is C14H15N3O5S2. The van der Waals surface area contributed by atoms with Crippen LogP contribution in [-0.4, -0.2) is 32.3 Å². The Bertz CT molecular complexity index is 801. The first-order chi connectivity index (χ1) is 11.4. The number of sulfonamides is 1. The number of amides is 1. The Morgan fingerprint density at radius 1 is 1.17 bits per heavy atom. The molecule has 2 aromatic rings. The maximum Gasteiger partial charge on any atom is 0.269 e. The SMILES string of the molecule is O=C(Cc1cccs1)NCCNS(=O)(=O)c1ccc([N+](=O)[O-])cc1. The van der Waals surface area contributed by atoms with Crippen LogP contribution in [0.1, 0.15) is 4.88 Å². The largest absolute Gasteiger partial charge is 0.354 e. The van der Waals surface area contributed by atoms with Crippen molar-refractivity contribution in [2.45, 2.75) is 11.3 Å². The molecule has 1 amide bonds. The first kappa shape index (κ1) is 18.0. The van der Waals surface area contributed by atoms with E-state index < -0.39 is 14.9 Å². The molecule has 0 atom stereocenters. The molecule has 0 radical (unpaired) electrons. The molecule has 1 aromatic carbocycles. The Morgan fingerprint density at radius 2 is 1.88 bits per heavy atom. The summed E-state index contributed by atoms with van der Waals surface area (Å²) in [5, 5.41) is 15.0. The Balaban J connectivity index is 1.80. The molecule has 0 aliphatic heterocycles. The molecule has 8 nitrogen and oxygen atoms in total. The van der Waals surface area contributed by atoms with Crippen LogP contribution in [-0.2, 0) is 21.2 Å². The van der Waals surface area contributed by atoms with Gasteiger partial charge in [0.2, 0.25) is 15.9 Å². The van der Waals surface area contributed by atoms with Crippen molar-refractivity contribution in [1.82, 2.24) is 10.0 Å². The number of rotatable bonds is 8. The number of hydrogen-bond donors (Lipinski definition) is 2. The molecule has 0 saturated carbocycles. The lowest BCUT2D eigenvalue weighted by molar-refractivity contribution is -0.384. The molecule has 0 aliphatic rings. The summed E-state index contributed by atoms with van der Waals surface area (Å²) in [5.41, 5.74) is -0.185. The zero-order valence-electron chi connectivity index (χ0n) is 12.5. The van der Waals surface area contributed by atoms with Gasteiger partial charge in [-0.1, -0.05) is 6.07 Å². The number of benzene rings is 1. The summed E-state index contributed by atoms with van der Waals surface area (Å²) in [4.78, 5) is 22.5. The summed E-state index contributed by atoms with van der Waals surface area (Å²) in [6, 6.07) is 8.27. The number of nitrogens with zero attached hydrogens (tertiary/aromatic N) is 1. The van der Waals surface area contributed by atoms with Crippen molar-refractivity contribution >= 4 is 33.0 Å². The van der Waals surface area contributed by atoms with E-state index in [1.165, 1.54) is 11.3 Å². The van der Waals surface area contributed by atoms with Crippen molar-refractivity contribution in [3.8, 4) is 0 Å². The number of nitrogens with one attached hydrogen (secondary N) is 2. The van der Waals surface area contributed by atoms with E-state index in [-0.39, 0.29) is 36.0 Å². The van der Waals surface area contributed by atoms with Crippen LogP contribution in [0.4, 0.5) is 5.69 Å². The number of carbonyl (C=O) groups is 1. The number of carbonyl (C=O) groups excluding carboxylic acids is 1. The standard InChI is InChI=1S/C14H15N3O5S2/c18-14(10-12-2-1-9-23-12)15-7-8-16-24(21,22)13-5-3-11(4-6-13)17(19)20/h1-6,9,16H,7-8,10H2,(H,15,18). The van der Waals surface area contributed by atoms with Crippen LogP contribution in [0, 0.1) is 10.1 Å². The van der Waals surface area contributed by atoms with Crippen LogP contribution in [0.25, 0.3) is 0 Å². The van der Waals surface area contributed by atoms with Crippen LogP contribution in [0.2, 0.25) is 0 Å². The van der Waals surface area contributed by atoms with Crippen LogP contribution in [0.3, 0.4) is 0 Å². The van der Waals surface area contributed by atoms with Gasteiger partial charge in [-0.3, -0.25) is 14.9 Å². The molecule has 0 fully saturated rings. The number of thiophene rings is 1. The van der Waals surface area contributed by atoms with Crippen LogP contribution in [0.5, 0.6) is 0 Å². The van der Waals surface area contributed by atoms with E-state index in [1.807, 2.05) is 17.5 Å². The van der Waals surface area contributed by atoms with E-state index in [1.54, 1.807) is 0 Å². The highest BCUT2D eigenvalue weighted by atomic mass is 32.2. The first-order valence-electron chi connectivity index (χ1n) is 6.92. The molecule has 2 rings (SSSR count). The molecule has 2 N–H and O–H groups in total. The summed E-state index contributed by atoms with van der Waals surface area (Å²) >= 11 is 1.47. The van der Waals surface area contributed by atoms with Gasteiger partial charge in [-0.15, -0.1) is 11.3 Å². The van der Waals surface area contributed by atoms with Crippen LogP contribution < -0.4 is 10.0 Å². The quantitative estimate of drug-likeness (QED) is 0.413. The minimum absolute atomic E-state index is 0.0233. The van der Waals surface area contributed by atoms with E-state index in [0.717, 1.165) is 29.1 Å². The summed E-state index contributed by atoms with van der Waals surface area (Å²) in [5.74, 6) is -0.188. The molecular weight excluding hydrogens is 354 g/mol. The molecule has 1 heterocycles. The molecule has 0 spiro atoms. The predicted octanol–water partition coefficient (Wildman–Crippen LogP) is 1.29. The summed E-state index contributed by atoms with van der Waals surface area (Å²) in [6.45, 7) is 0.173. The predicted molar refractivity (Wildman–Crippen MR) is 89.3 cm³/mol. The van der Waals surface area contributed by atoms with Gasteiger partial charge in [0.05, 0.1) is 16.2 Å². The van der Waals surface area contributed by atoms with Crippen molar-refractivity contribution in [1.29, 1.82) is 0 Å². The Hall–Kier alpha value is -2.30. The first-order valence-corrected chi connectivity index (χ1v) is 9.28. The average molecular weight is 369 g/mol. The normalized spacial score (nSPS) is 11.2. The Labute approximate surface area is 142 Å². The molecule has 1 aromatic heterocycles. The van der Waals surface area contributed by atoms with Gasteiger partial charge < -0.3 is 5.32 Å². The van der Waals surface area contributed by atoms with E-state index in [4.69, 9.17) is 0 Å². The highest BCUT2D eigenvalue weighted by Gasteiger charge is 2.15. The molecule has 128 valence electrons. The van der Waals surface area contributed by atoms with Crippen molar-refractivity contribution < 1.29 is 18.1 Å². The van der Waals surface area contributed by atoms with Gasteiger partial charge in [0.25, 0.3) is 5.69 Å². The third-order valence-electron chi connectivity index (χ3n) is 3.01. The lowest BCUT2D eigenvalue weighted by Gasteiger charge is -2.07. The van der Waals surface area contributed by atoms with Crippen molar-refractivity contribution in [3.05, 3.63) is 56.8 Å². The number of nitro groups is 1. The van der Waals surface area contributed by atoms with E-state index in [2.05, 4.69) is 10.0 Å². The second kappa shape index (κ2) is 7.99. The fraction of sp³-hybridized carbons (Fsp3) is 0.214. The lowest BCUT2D eigenvalue weighted by atomic mass is 10.3. The highest BCUT2D eigenvalue weighted by Crippen LogP contribution is 2.15. The smallest absolute Gasteiger partial charge is 0.269 e. The molecule has 10 heteroatoms. The molecule has 24 heavy (non-hydrogen) atoms. The Morgan fingerprint density at radius 3 is 2.46 bits per heavy atom. The van der Waals surface area contributed by atoms with Gasteiger partial charge in [-0.05, 0) is 23.6 Å². The lowest BCUT2D eigenvalue weighted by Crippen LogP contribution is -2.35. The molecule has 0 unspecified atom stereocenters. The second-order valence-corrected chi connectivity index (χ2v) is 7.55. The summed E-state index contributed by atoms with van der Waals surface area (Å²) in [6.07, 6.45) is 0.257. The van der Waals surface area contributed by atoms with Gasteiger partial charge in [0, 0.05) is 30.1 Å². The maximum atomic E-state index is 12.0. The topological polar surface area (TPSA) is 118 Å². The monoisotopic (exact) mass is 369 g/mol. The minimum Gasteiger partial charge on any atom is -0.354 e. The number of non-ortho nitro benzene ring substituents is 1. The van der Waals surface area contributed by atoms with Gasteiger partial charge in [-0.2, -0.15) is 0 Å². The fourth-order valence-electron chi connectivity index (χ4n) is 1.85.